The predicted octanol–water partition coefficient (Wildman–Crippen LogP) is 3.69. The van der Waals surface area contributed by atoms with Gasteiger partial charge in [0.05, 0.1) is 10.2 Å². The molecule has 3 heteroatoms. The summed E-state index contributed by atoms with van der Waals surface area (Å²) in [5.74, 6) is 0.701. The summed E-state index contributed by atoms with van der Waals surface area (Å²) in [6, 6.07) is 0. The average molecular weight is 224 g/mol. The van der Waals surface area contributed by atoms with Crippen molar-refractivity contribution in [3.63, 3.8) is 0 Å². The third kappa shape index (κ3) is 7.45. The predicted molar refractivity (Wildman–Crippen MR) is 58.4 cm³/mol. The molecule has 0 amide bonds. The zero-order chi connectivity index (χ0) is 9.45. The fourth-order valence-corrected chi connectivity index (χ4v) is 1.88. The van der Waals surface area contributed by atoms with Crippen LogP contribution in [0, 0.1) is 0 Å². The SMILES string of the molecule is CCCCCC([Si])(Cl)CCCCl. The molecule has 0 saturated carbocycles. The van der Waals surface area contributed by atoms with Crippen LogP contribution in [0.3, 0.4) is 0 Å². The number of halogens is 2. The first-order chi connectivity index (χ1) is 5.62. The van der Waals surface area contributed by atoms with Crippen LogP contribution in [0.15, 0.2) is 0 Å². The minimum atomic E-state index is -0.204. The molecule has 12 heavy (non-hydrogen) atoms. The van der Waals surface area contributed by atoms with Crippen LogP contribution in [0.2, 0.25) is 0 Å². The van der Waals surface area contributed by atoms with Gasteiger partial charge in [0.25, 0.3) is 0 Å². The van der Waals surface area contributed by atoms with Crippen molar-refractivity contribution in [1.29, 1.82) is 0 Å². The molecular weight excluding hydrogens is 207 g/mol. The first kappa shape index (κ1) is 12.8. The molecule has 0 aromatic rings. The maximum atomic E-state index is 6.21. The minimum Gasteiger partial charge on any atom is -0.127 e. The van der Waals surface area contributed by atoms with Gasteiger partial charge < -0.3 is 0 Å². The third-order valence-corrected chi connectivity index (χ3v) is 3.03. The molecule has 0 fully saturated rings. The molecule has 0 spiro atoms. The van der Waals surface area contributed by atoms with Crippen molar-refractivity contribution in [2.24, 2.45) is 0 Å². The second kappa shape index (κ2) is 7.22. The van der Waals surface area contributed by atoms with E-state index >= 15 is 0 Å². The van der Waals surface area contributed by atoms with Gasteiger partial charge in [-0.15, -0.1) is 23.2 Å². The van der Waals surface area contributed by atoms with Crippen molar-refractivity contribution >= 4 is 33.4 Å². The van der Waals surface area contributed by atoms with E-state index in [4.69, 9.17) is 23.2 Å². The van der Waals surface area contributed by atoms with Crippen molar-refractivity contribution < 1.29 is 0 Å². The Bertz CT molecular complexity index is 105. The van der Waals surface area contributed by atoms with Gasteiger partial charge in [0.15, 0.2) is 0 Å². The second-order valence-electron chi connectivity index (χ2n) is 3.21. The van der Waals surface area contributed by atoms with Crippen molar-refractivity contribution in [2.75, 3.05) is 5.88 Å². The summed E-state index contributed by atoms with van der Waals surface area (Å²) in [6.45, 7) is 2.20. The summed E-state index contributed by atoms with van der Waals surface area (Å²) < 4.78 is -0.204. The summed E-state index contributed by atoms with van der Waals surface area (Å²) in [4.78, 5) is 0. The molecule has 0 aromatic carbocycles. The number of rotatable bonds is 7. The fourth-order valence-electron chi connectivity index (χ4n) is 1.13. The molecule has 0 nitrogen and oxygen atoms in total. The number of hydrogen-bond acceptors (Lipinski definition) is 0. The fraction of sp³-hybridized carbons (Fsp3) is 1.00. The molecule has 0 aliphatic rings. The molecule has 0 aromatic heterocycles. The Morgan fingerprint density at radius 2 is 1.75 bits per heavy atom. The summed E-state index contributed by atoms with van der Waals surface area (Å²) in [5.41, 5.74) is 0. The molecule has 71 valence electrons. The van der Waals surface area contributed by atoms with Crippen LogP contribution in [0.4, 0.5) is 0 Å². The summed E-state index contributed by atoms with van der Waals surface area (Å²) in [7, 11) is 3.57. The number of unbranched alkanes of at least 4 members (excludes halogenated alkanes) is 2. The van der Waals surface area contributed by atoms with Crippen molar-refractivity contribution in [3.8, 4) is 0 Å². The van der Waals surface area contributed by atoms with Crippen LogP contribution in [0.1, 0.15) is 45.4 Å². The van der Waals surface area contributed by atoms with Gasteiger partial charge in [-0.2, -0.15) is 0 Å². The van der Waals surface area contributed by atoms with E-state index in [9.17, 15) is 0 Å². The van der Waals surface area contributed by atoms with Crippen molar-refractivity contribution in [3.05, 3.63) is 0 Å². The summed E-state index contributed by atoms with van der Waals surface area (Å²) >= 11 is 11.8. The molecule has 1 atom stereocenters. The first-order valence-electron chi connectivity index (χ1n) is 4.62. The van der Waals surface area contributed by atoms with Crippen LogP contribution in [-0.2, 0) is 0 Å². The van der Waals surface area contributed by atoms with E-state index in [1.165, 1.54) is 19.3 Å². The maximum absolute atomic E-state index is 6.21. The highest BCUT2D eigenvalue weighted by molar-refractivity contribution is 6.44. The lowest BCUT2D eigenvalue weighted by molar-refractivity contribution is 0.572. The van der Waals surface area contributed by atoms with Crippen molar-refractivity contribution in [1.82, 2.24) is 0 Å². The zero-order valence-electron chi connectivity index (χ0n) is 7.71. The van der Waals surface area contributed by atoms with E-state index in [-0.39, 0.29) is 4.50 Å². The maximum Gasteiger partial charge on any atom is 0.0534 e. The average Bonchev–Trinajstić information content (AvgIpc) is 2.01. The van der Waals surface area contributed by atoms with Gasteiger partial charge in [0, 0.05) is 10.4 Å². The molecule has 0 N–H and O–H groups in total. The lowest BCUT2D eigenvalue weighted by Crippen LogP contribution is -2.21. The van der Waals surface area contributed by atoms with E-state index in [1.54, 1.807) is 0 Å². The third-order valence-electron chi connectivity index (χ3n) is 1.88. The molecule has 0 bridgehead atoms. The molecule has 0 heterocycles. The quantitative estimate of drug-likeness (QED) is 0.351. The van der Waals surface area contributed by atoms with Gasteiger partial charge in [-0.3, -0.25) is 0 Å². The number of hydrogen-bond donors (Lipinski definition) is 0. The van der Waals surface area contributed by atoms with Crippen LogP contribution in [0.5, 0.6) is 0 Å². The normalized spacial score (nSPS) is 16.0. The minimum absolute atomic E-state index is 0.204. The van der Waals surface area contributed by atoms with E-state index in [0.29, 0.717) is 5.88 Å². The van der Waals surface area contributed by atoms with E-state index < -0.39 is 0 Å². The highest BCUT2D eigenvalue weighted by atomic mass is 35.5. The molecule has 0 aliphatic carbocycles. The Kier molecular flexibility index (Phi) is 7.70. The summed E-state index contributed by atoms with van der Waals surface area (Å²) in [6.07, 6.45) is 6.69. The van der Waals surface area contributed by atoms with Crippen LogP contribution < -0.4 is 0 Å². The lowest BCUT2D eigenvalue weighted by atomic mass is 10.1. The van der Waals surface area contributed by atoms with Crippen LogP contribution in [0.25, 0.3) is 0 Å². The highest BCUT2D eigenvalue weighted by Gasteiger charge is 2.18. The van der Waals surface area contributed by atoms with Crippen LogP contribution >= 0.6 is 23.2 Å². The van der Waals surface area contributed by atoms with Gasteiger partial charge in [0.2, 0.25) is 0 Å². The van der Waals surface area contributed by atoms with E-state index in [2.05, 4.69) is 17.2 Å². The van der Waals surface area contributed by atoms with Gasteiger partial charge in [0.1, 0.15) is 0 Å². The zero-order valence-corrected chi connectivity index (χ0v) is 10.2. The first-order valence-corrected chi connectivity index (χ1v) is 6.03. The number of alkyl halides is 2. The van der Waals surface area contributed by atoms with E-state index in [1.807, 2.05) is 0 Å². The van der Waals surface area contributed by atoms with Gasteiger partial charge >= 0.3 is 0 Å². The monoisotopic (exact) mass is 223 g/mol. The molecule has 0 aliphatic heterocycles. The molecular formula is C9H17Cl2Si. The standard InChI is InChI=1S/C9H17Cl2Si/c1-2-3-4-6-9(11,12)7-5-8-10/h2-8H2,1H3. The van der Waals surface area contributed by atoms with Crippen LogP contribution in [-0.4, -0.2) is 20.6 Å². The smallest absolute Gasteiger partial charge is 0.0534 e. The second-order valence-corrected chi connectivity index (χ2v) is 5.59. The summed E-state index contributed by atoms with van der Waals surface area (Å²) in [5, 5.41) is 0. The Morgan fingerprint density at radius 3 is 2.25 bits per heavy atom. The molecule has 3 radical (unpaired) electrons. The lowest BCUT2D eigenvalue weighted by Gasteiger charge is -2.20. The largest absolute Gasteiger partial charge is 0.127 e. The van der Waals surface area contributed by atoms with Crippen molar-refractivity contribution in [2.45, 2.75) is 49.9 Å². The van der Waals surface area contributed by atoms with Gasteiger partial charge in [-0.05, 0) is 19.3 Å². The van der Waals surface area contributed by atoms with E-state index in [0.717, 1.165) is 19.3 Å². The highest BCUT2D eigenvalue weighted by Crippen LogP contribution is 2.24. The molecule has 0 saturated heterocycles. The van der Waals surface area contributed by atoms with Gasteiger partial charge in [-0.1, -0.05) is 26.2 Å². The Morgan fingerprint density at radius 1 is 1.17 bits per heavy atom. The Labute approximate surface area is 89.4 Å². The topological polar surface area (TPSA) is 0 Å². The Balaban J connectivity index is 3.42. The Hall–Kier alpha value is 0.797. The van der Waals surface area contributed by atoms with Gasteiger partial charge in [-0.25, -0.2) is 0 Å². The molecule has 1 unspecified atom stereocenters. The molecule has 0 rings (SSSR count).